The molecule has 1 aromatic rings. The molecule has 1 aromatic carbocycles. The van der Waals surface area contributed by atoms with Gasteiger partial charge in [0, 0.05) is 5.92 Å². The van der Waals surface area contributed by atoms with Gasteiger partial charge < -0.3 is 5.11 Å². The SMILES string of the molecule is CC(c1ccc(O)cc1)C12NC1(C)N2. The molecule has 3 nitrogen and oxygen atoms in total. The quantitative estimate of drug-likeness (QED) is 0.612. The Morgan fingerprint density at radius 1 is 1.21 bits per heavy atom. The highest BCUT2D eigenvalue weighted by atomic mass is 16.3. The van der Waals surface area contributed by atoms with Crippen LogP contribution in [-0.4, -0.2) is 16.4 Å². The Morgan fingerprint density at radius 2 is 1.71 bits per heavy atom. The van der Waals surface area contributed by atoms with Crippen molar-refractivity contribution in [2.24, 2.45) is 0 Å². The standard InChI is InChI=1S/C11H14N2O/c1-7(11-10(2,12-11)13-11)8-3-5-9(14)6-4-8/h3-7,12-14H,1-2H3. The molecule has 2 heterocycles. The van der Waals surface area contributed by atoms with E-state index in [2.05, 4.69) is 24.5 Å². The highest BCUT2D eigenvalue weighted by Crippen LogP contribution is 2.57. The van der Waals surface area contributed by atoms with Gasteiger partial charge in [-0.3, -0.25) is 10.6 Å². The fourth-order valence-electron chi connectivity index (χ4n) is 2.39. The molecule has 1 atom stereocenters. The maximum atomic E-state index is 9.19. The molecule has 2 aliphatic rings. The van der Waals surface area contributed by atoms with Crippen LogP contribution in [0.5, 0.6) is 5.75 Å². The van der Waals surface area contributed by atoms with E-state index < -0.39 is 0 Å². The predicted molar refractivity (Wildman–Crippen MR) is 53.9 cm³/mol. The first-order chi connectivity index (χ1) is 6.57. The van der Waals surface area contributed by atoms with E-state index in [9.17, 15) is 5.11 Å². The zero-order valence-electron chi connectivity index (χ0n) is 8.33. The highest BCUT2D eigenvalue weighted by Gasteiger charge is 2.82. The van der Waals surface area contributed by atoms with Crippen LogP contribution in [0.4, 0.5) is 0 Å². The van der Waals surface area contributed by atoms with E-state index in [1.807, 2.05) is 12.1 Å². The van der Waals surface area contributed by atoms with E-state index >= 15 is 0 Å². The van der Waals surface area contributed by atoms with Crippen molar-refractivity contribution in [3.63, 3.8) is 0 Å². The number of hydrogen-bond acceptors (Lipinski definition) is 3. The molecule has 14 heavy (non-hydrogen) atoms. The van der Waals surface area contributed by atoms with E-state index in [4.69, 9.17) is 0 Å². The minimum Gasteiger partial charge on any atom is -0.508 e. The molecule has 0 spiro atoms. The first-order valence-corrected chi connectivity index (χ1v) is 4.95. The van der Waals surface area contributed by atoms with Gasteiger partial charge in [-0.05, 0) is 24.6 Å². The van der Waals surface area contributed by atoms with Crippen LogP contribution in [0.25, 0.3) is 0 Å². The Morgan fingerprint density at radius 3 is 2.14 bits per heavy atom. The molecule has 0 aliphatic carbocycles. The predicted octanol–water partition coefficient (Wildman–Crippen LogP) is 1.11. The van der Waals surface area contributed by atoms with E-state index in [1.165, 1.54) is 5.56 Å². The minimum atomic E-state index is 0.129. The van der Waals surface area contributed by atoms with Crippen molar-refractivity contribution >= 4 is 0 Å². The summed E-state index contributed by atoms with van der Waals surface area (Å²) in [7, 11) is 0. The van der Waals surface area contributed by atoms with E-state index in [-0.39, 0.29) is 11.3 Å². The zero-order chi connectivity index (χ0) is 9.97. The minimum absolute atomic E-state index is 0.129. The number of benzene rings is 1. The molecule has 74 valence electrons. The molecule has 0 saturated carbocycles. The van der Waals surface area contributed by atoms with Crippen molar-refractivity contribution < 1.29 is 5.11 Å². The Kier molecular flexibility index (Phi) is 1.25. The summed E-state index contributed by atoms with van der Waals surface area (Å²) in [4.78, 5) is 0. The first-order valence-electron chi connectivity index (χ1n) is 4.95. The Labute approximate surface area is 83.1 Å². The summed E-state index contributed by atoms with van der Waals surface area (Å²) in [5.74, 6) is 0.766. The number of hydrogen-bond donors (Lipinski definition) is 3. The molecular formula is C11H14N2O. The van der Waals surface area contributed by atoms with Crippen LogP contribution < -0.4 is 10.6 Å². The average molecular weight is 190 g/mol. The number of aromatic hydroxyl groups is 1. The van der Waals surface area contributed by atoms with Gasteiger partial charge in [0.2, 0.25) is 0 Å². The molecule has 2 fully saturated rings. The molecule has 0 amide bonds. The van der Waals surface area contributed by atoms with Crippen LogP contribution in [0, 0.1) is 0 Å². The van der Waals surface area contributed by atoms with Crippen LogP contribution in [0.3, 0.4) is 0 Å². The normalized spacial score (nSPS) is 40.1. The maximum Gasteiger partial charge on any atom is 0.115 e. The summed E-state index contributed by atoms with van der Waals surface area (Å²) in [6, 6.07) is 7.44. The summed E-state index contributed by atoms with van der Waals surface area (Å²) in [5.41, 5.74) is 1.55. The largest absolute Gasteiger partial charge is 0.508 e. The topological polar surface area (TPSA) is 64.1 Å². The summed E-state index contributed by atoms with van der Waals surface area (Å²) in [6.07, 6.45) is 0. The van der Waals surface area contributed by atoms with Crippen molar-refractivity contribution in [2.45, 2.75) is 31.1 Å². The molecule has 2 aliphatic heterocycles. The molecule has 3 N–H and O–H groups in total. The van der Waals surface area contributed by atoms with E-state index in [0.29, 0.717) is 11.7 Å². The third kappa shape index (κ3) is 0.837. The zero-order valence-corrected chi connectivity index (χ0v) is 8.33. The smallest absolute Gasteiger partial charge is 0.115 e. The van der Waals surface area contributed by atoms with Crippen molar-refractivity contribution in [3.8, 4) is 5.75 Å². The fourth-order valence-corrected chi connectivity index (χ4v) is 2.39. The first kappa shape index (κ1) is 8.26. The summed E-state index contributed by atoms with van der Waals surface area (Å²) >= 11 is 0. The average Bonchev–Trinajstić information content (AvgIpc) is 2.90. The second-order valence-corrected chi connectivity index (χ2v) is 4.50. The van der Waals surface area contributed by atoms with Crippen molar-refractivity contribution in [1.82, 2.24) is 10.6 Å². The summed E-state index contributed by atoms with van der Waals surface area (Å²) < 4.78 is 0. The van der Waals surface area contributed by atoms with Crippen molar-refractivity contribution in [2.75, 3.05) is 0 Å². The van der Waals surface area contributed by atoms with Crippen LogP contribution in [0.15, 0.2) is 24.3 Å². The molecular weight excluding hydrogens is 176 g/mol. The second-order valence-electron chi connectivity index (χ2n) is 4.50. The molecule has 1 unspecified atom stereocenters. The Hall–Kier alpha value is -1.06. The third-order valence-electron chi connectivity index (χ3n) is 3.60. The van der Waals surface area contributed by atoms with Crippen LogP contribution in [-0.2, 0) is 0 Å². The Bertz CT molecular complexity index is 379. The van der Waals surface area contributed by atoms with Crippen LogP contribution in [0.2, 0.25) is 0 Å². The molecule has 2 saturated heterocycles. The van der Waals surface area contributed by atoms with Gasteiger partial charge in [0.1, 0.15) is 17.1 Å². The number of phenolic OH excluding ortho intramolecular Hbond substituents is 1. The van der Waals surface area contributed by atoms with Crippen molar-refractivity contribution in [3.05, 3.63) is 29.8 Å². The third-order valence-corrected chi connectivity index (χ3v) is 3.60. The van der Waals surface area contributed by atoms with E-state index in [1.54, 1.807) is 12.1 Å². The molecule has 0 aromatic heterocycles. The summed E-state index contributed by atoms with van der Waals surface area (Å²) in [6.45, 7) is 4.37. The number of phenols is 1. The second kappa shape index (κ2) is 2.12. The van der Waals surface area contributed by atoms with Gasteiger partial charge in [0.25, 0.3) is 0 Å². The number of rotatable bonds is 2. The van der Waals surface area contributed by atoms with Gasteiger partial charge in [0.15, 0.2) is 0 Å². The molecule has 3 rings (SSSR count). The molecule has 3 heteroatoms. The highest BCUT2D eigenvalue weighted by molar-refractivity contribution is 5.45. The number of fused-ring (bicyclic) bond motifs is 1. The van der Waals surface area contributed by atoms with Crippen molar-refractivity contribution in [1.29, 1.82) is 0 Å². The van der Waals surface area contributed by atoms with Gasteiger partial charge in [-0.15, -0.1) is 0 Å². The lowest BCUT2D eigenvalue weighted by Crippen LogP contribution is -2.30. The Balaban J connectivity index is 1.86. The lowest BCUT2D eigenvalue weighted by molar-refractivity contribution is 0.474. The van der Waals surface area contributed by atoms with E-state index in [0.717, 1.165) is 0 Å². The molecule has 0 bridgehead atoms. The molecule has 0 radical (unpaired) electrons. The van der Waals surface area contributed by atoms with Crippen LogP contribution in [0.1, 0.15) is 25.3 Å². The summed E-state index contributed by atoms with van der Waals surface area (Å²) in [5, 5.41) is 16.0. The van der Waals surface area contributed by atoms with Gasteiger partial charge in [-0.2, -0.15) is 0 Å². The lowest BCUT2D eigenvalue weighted by atomic mass is 9.95. The monoisotopic (exact) mass is 190 g/mol. The fraction of sp³-hybridized carbons (Fsp3) is 0.455. The van der Waals surface area contributed by atoms with Gasteiger partial charge in [-0.1, -0.05) is 19.1 Å². The lowest BCUT2D eigenvalue weighted by Gasteiger charge is -2.13. The van der Waals surface area contributed by atoms with Gasteiger partial charge >= 0.3 is 0 Å². The van der Waals surface area contributed by atoms with Gasteiger partial charge in [0.05, 0.1) is 0 Å². The van der Waals surface area contributed by atoms with Gasteiger partial charge in [-0.25, -0.2) is 0 Å². The maximum absolute atomic E-state index is 9.19. The number of nitrogens with one attached hydrogen (secondary N) is 2. The van der Waals surface area contributed by atoms with Crippen LogP contribution >= 0.6 is 0 Å².